The van der Waals surface area contributed by atoms with Gasteiger partial charge in [0.2, 0.25) is 0 Å². The zero-order chi connectivity index (χ0) is 15.0. The van der Waals surface area contributed by atoms with Crippen LogP contribution in [0, 0.1) is 11.8 Å². The minimum absolute atomic E-state index is 0.0183. The van der Waals surface area contributed by atoms with E-state index in [0.717, 1.165) is 24.7 Å². The van der Waals surface area contributed by atoms with Gasteiger partial charge in [0, 0.05) is 6.54 Å². The van der Waals surface area contributed by atoms with Gasteiger partial charge in [0.05, 0.1) is 11.7 Å². The number of unbranched alkanes of at least 4 members (excludes halogenated alkanes) is 3. The Morgan fingerprint density at radius 2 is 1.75 bits per heavy atom. The van der Waals surface area contributed by atoms with Crippen molar-refractivity contribution in [1.82, 2.24) is 0 Å². The smallest absolute Gasteiger partial charge is 0.0807 e. The standard InChI is InChI=1S/C18H37NO/c1-5-6-7-8-9-16(4)20-18(14-19)12-10-17(11-13-18)15(2)3/h15-17H,5-14,19H2,1-4H3. The van der Waals surface area contributed by atoms with Crippen LogP contribution in [0.1, 0.15) is 85.5 Å². The van der Waals surface area contributed by atoms with Gasteiger partial charge in [-0.2, -0.15) is 0 Å². The molecule has 0 radical (unpaired) electrons. The van der Waals surface area contributed by atoms with Crippen LogP contribution in [0.5, 0.6) is 0 Å². The lowest BCUT2D eigenvalue weighted by molar-refractivity contribution is -0.112. The number of ether oxygens (including phenoxy) is 1. The van der Waals surface area contributed by atoms with Gasteiger partial charge in [0.1, 0.15) is 0 Å². The molecule has 1 rings (SSSR count). The molecule has 0 aromatic carbocycles. The first-order valence-electron chi connectivity index (χ1n) is 8.91. The van der Waals surface area contributed by atoms with Crippen molar-refractivity contribution in [3.63, 3.8) is 0 Å². The predicted octanol–water partition coefficient (Wildman–Crippen LogP) is 4.91. The van der Waals surface area contributed by atoms with E-state index in [2.05, 4.69) is 27.7 Å². The highest BCUT2D eigenvalue weighted by atomic mass is 16.5. The fourth-order valence-electron chi connectivity index (χ4n) is 3.55. The summed E-state index contributed by atoms with van der Waals surface area (Å²) in [6, 6.07) is 0. The predicted molar refractivity (Wildman–Crippen MR) is 87.9 cm³/mol. The minimum Gasteiger partial charge on any atom is -0.371 e. The molecule has 0 bridgehead atoms. The molecule has 1 unspecified atom stereocenters. The fourth-order valence-corrected chi connectivity index (χ4v) is 3.55. The number of nitrogens with two attached hydrogens (primary N) is 1. The second kappa shape index (κ2) is 9.04. The van der Waals surface area contributed by atoms with Crippen LogP contribution < -0.4 is 5.73 Å². The average molecular weight is 284 g/mol. The van der Waals surface area contributed by atoms with Crippen molar-refractivity contribution < 1.29 is 4.74 Å². The molecule has 0 aromatic rings. The molecule has 1 aliphatic rings. The summed E-state index contributed by atoms with van der Waals surface area (Å²) in [5.41, 5.74) is 6.04. The Kier molecular flexibility index (Phi) is 8.13. The van der Waals surface area contributed by atoms with Crippen LogP contribution in [-0.2, 0) is 4.74 Å². The Balaban J connectivity index is 2.35. The first-order chi connectivity index (χ1) is 9.53. The van der Waals surface area contributed by atoms with Crippen molar-refractivity contribution in [1.29, 1.82) is 0 Å². The molecule has 2 N–H and O–H groups in total. The molecule has 1 fully saturated rings. The van der Waals surface area contributed by atoms with Crippen molar-refractivity contribution in [3.8, 4) is 0 Å². The van der Waals surface area contributed by atoms with E-state index in [9.17, 15) is 0 Å². The maximum atomic E-state index is 6.41. The van der Waals surface area contributed by atoms with Crippen molar-refractivity contribution in [2.75, 3.05) is 6.54 Å². The number of rotatable bonds is 9. The van der Waals surface area contributed by atoms with Gasteiger partial charge in [-0.1, -0.05) is 46.5 Å². The molecule has 1 atom stereocenters. The maximum absolute atomic E-state index is 6.41. The van der Waals surface area contributed by atoms with Crippen molar-refractivity contribution in [2.24, 2.45) is 17.6 Å². The fraction of sp³-hybridized carbons (Fsp3) is 1.00. The molecule has 0 spiro atoms. The van der Waals surface area contributed by atoms with E-state index in [1.54, 1.807) is 0 Å². The first kappa shape index (κ1) is 18.0. The maximum Gasteiger partial charge on any atom is 0.0807 e. The monoisotopic (exact) mass is 283 g/mol. The van der Waals surface area contributed by atoms with E-state index in [-0.39, 0.29) is 5.60 Å². The first-order valence-corrected chi connectivity index (χ1v) is 8.91. The third-order valence-corrected chi connectivity index (χ3v) is 5.17. The topological polar surface area (TPSA) is 35.2 Å². The molecule has 0 aromatic heterocycles. The molecule has 0 saturated heterocycles. The largest absolute Gasteiger partial charge is 0.371 e. The van der Waals surface area contributed by atoms with Crippen LogP contribution in [0.2, 0.25) is 0 Å². The van der Waals surface area contributed by atoms with E-state index >= 15 is 0 Å². The summed E-state index contributed by atoms with van der Waals surface area (Å²) in [5.74, 6) is 1.68. The highest BCUT2D eigenvalue weighted by Crippen LogP contribution is 2.38. The lowest BCUT2D eigenvalue weighted by Crippen LogP contribution is -2.46. The van der Waals surface area contributed by atoms with Crippen LogP contribution in [-0.4, -0.2) is 18.2 Å². The van der Waals surface area contributed by atoms with Crippen LogP contribution in [0.3, 0.4) is 0 Å². The molecule has 0 aliphatic heterocycles. The average Bonchev–Trinajstić information content (AvgIpc) is 2.44. The second-order valence-electron chi connectivity index (χ2n) is 7.25. The van der Waals surface area contributed by atoms with Crippen molar-refractivity contribution in [2.45, 2.75) is 97.2 Å². The summed E-state index contributed by atoms with van der Waals surface area (Å²) in [7, 11) is 0. The van der Waals surface area contributed by atoms with Gasteiger partial charge >= 0.3 is 0 Å². The molecule has 120 valence electrons. The van der Waals surface area contributed by atoms with Crippen molar-refractivity contribution in [3.05, 3.63) is 0 Å². The molecule has 2 heteroatoms. The summed E-state index contributed by atoms with van der Waals surface area (Å²) in [4.78, 5) is 0. The molecular formula is C18H37NO. The zero-order valence-corrected chi connectivity index (χ0v) is 14.3. The van der Waals surface area contributed by atoms with E-state index in [0.29, 0.717) is 12.6 Å². The van der Waals surface area contributed by atoms with E-state index in [1.165, 1.54) is 44.9 Å². The summed E-state index contributed by atoms with van der Waals surface area (Å²) >= 11 is 0. The third-order valence-electron chi connectivity index (χ3n) is 5.17. The lowest BCUT2D eigenvalue weighted by Gasteiger charge is -2.42. The summed E-state index contributed by atoms with van der Waals surface area (Å²) in [6.45, 7) is 9.88. The Hall–Kier alpha value is -0.0800. The van der Waals surface area contributed by atoms with Crippen LogP contribution in [0.4, 0.5) is 0 Å². The van der Waals surface area contributed by atoms with Crippen LogP contribution >= 0.6 is 0 Å². The minimum atomic E-state index is -0.0183. The molecule has 20 heavy (non-hydrogen) atoms. The van der Waals surface area contributed by atoms with Crippen LogP contribution in [0.25, 0.3) is 0 Å². The highest BCUT2D eigenvalue weighted by Gasteiger charge is 2.36. The summed E-state index contributed by atoms with van der Waals surface area (Å²) in [6.07, 6.45) is 11.7. The van der Waals surface area contributed by atoms with E-state index < -0.39 is 0 Å². The SMILES string of the molecule is CCCCCCC(C)OC1(CN)CCC(C(C)C)CC1. The molecule has 1 saturated carbocycles. The van der Waals surface area contributed by atoms with Gasteiger partial charge in [-0.3, -0.25) is 0 Å². The Morgan fingerprint density at radius 3 is 2.25 bits per heavy atom. The van der Waals surface area contributed by atoms with Gasteiger partial charge < -0.3 is 10.5 Å². The Bertz CT molecular complexity index is 244. The molecule has 2 nitrogen and oxygen atoms in total. The Labute approximate surface area is 126 Å². The molecular weight excluding hydrogens is 246 g/mol. The lowest BCUT2D eigenvalue weighted by atomic mass is 9.74. The third kappa shape index (κ3) is 5.73. The van der Waals surface area contributed by atoms with Crippen molar-refractivity contribution >= 4 is 0 Å². The quantitative estimate of drug-likeness (QED) is 0.610. The van der Waals surface area contributed by atoms with Crippen LogP contribution in [0.15, 0.2) is 0 Å². The summed E-state index contributed by atoms with van der Waals surface area (Å²) < 4.78 is 6.41. The molecule has 0 amide bonds. The van der Waals surface area contributed by atoms with Gasteiger partial charge in [-0.15, -0.1) is 0 Å². The van der Waals surface area contributed by atoms with Gasteiger partial charge in [-0.25, -0.2) is 0 Å². The molecule has 0 heterocycles. The Morgan fingerprint density at radius 1 is 1.10 bits per heavy atom. The summed E-state index contributed by atoms with van der Waals surface area (Å²) in [5, 5.41) is 0. The normalized spacial score (nSPS) is 28.8. The van der Waals surface area contributed by atoms with Gasteiger partial charge in [0.25, 0.3) is 0 Å². The van der Waals surface area contributed by atoms with E-state index in [4.69, 9.17) is 10.5 Å². The van der Waals surface area contributed by atoms with Gasteiger partial charge in [0.15, 0.2) is 0 Å². The molecule has 1 aliphatic carbocycles. The van der Waals surface area contributed by atoms with Gasteiger partial charge in [-0.05, 0) is 50.9 Å². The zero-order valence-electron chi connectivity index (χ0n) is 14.3. The second-order valence-corrected chi connectivity index (χ2v) is 7.25. The highest BCUT2D eigenvalue weighted by molar-refractivity contribution is 4.89. The van der Waals surface area contributed by atoms with E-state index in [1.807, 2.05) is 0 Å². The number of hydrogen-bond donors (Lipinski definition) is 1. The number of hydrogen-bond acceptors (Lipinski definition) is 2.